The zero-order chi connectivity index (χ0) is 23.3. The van der Waals surface area contributed by atoms with E-state index in [0.717, 1.165) is 39.3 Å². The molecule has 0 aromatic carbocycles. The number of nitrogens with zero attached hydrogens (tertiary/aromatic N) is 2. The molecule has 0 aliphatic rings. The third-order valence-electron chi connectivity index (χ3n) is 3.52. The molecule has 29 heavy (non-hydrogen) atoms. The van der Waals surface area contributed by atoms with Crippen molar-refractivity contribution in [2.75, 3.05) is 39.3 Å². The molecule has 168 valence electrons. The van der Waals surface area contributed by atoms with E-state index >= 15 is 0 Å². The average molecular weight is 477 g/mol. The number of rotatable bonds is 14. The molecule has 0 fully saturated rings. The van der Waals surface area contributed by atoms with Crippen molar-refractivity contribution >= 4 is 37.2 Å². The summed E-state index contributed by atoms with van der Waals surface area (Å²) in [6.45, 7) is 34.5. The van der Waals surface area contributed by atoms with E-state index in [2.05, 4.69) is 67.0 Å². The summed E-state index contributed by atoms with van der Waals surface area (Å²) in [6.07, 6.45) is 11.5. The van der Waals surface area contributed by atoms with Gasteiger partial charge in [0, 0.05) is 39.3 Å². The third kappa shape index (κ3) is 23.5. The fourth-order valence-corrected chi connectivity index (χ4v) is 4.86. The van der Waals surface area contributed by atoms with Gasteiger partial charge in [-0.1, -0.05) is 36.5 Å². The van der Waals surface area contributed by atoms with Crippen LogP contribution in [0, 0.1) is 0 Å². The lowest BCUT2D eigenvalue weighted by Crippen LogP contribution is -2.61. The van der Waals surface area contributed by atoms with Crippen LogP contribution in [-0.2, 0) is 0 Å². The SMILES string of the molecule is C=CCN(CC=C)[Si](C)(C)N(CC=C)CC=C.C=CCNCC=C.C[Si](C)(Cl)Cl. The maximum Gasteiger partial charge on any atom is 0.245 e. The topological polar surface area (TPSA) is 18.5 Å². The first-order valence-corrected chi connectivity index (χ1v) is 17.6. The van der Waals surface area contributed by atoms with Gasteiger partial charge in [-0.25, -0.2) is 0 Å². The fraction of sp³-hybridized carbons (Fsp3) is 0.455. The number of halogens is 2. The van der Waals surface area contributed by atoms with Crippen LogP contribution < -0.4 is 5.32 Å². The first-order chi connectivity index (χ1) is 13.5. The van der Waals surface area contributed by atoms with E-state index in [0.29, 0.717) is 0 Å². The van der Waals surface area contributed by atoms with Crippen molar-refractivity contribution in [3.8, 4) is 0 Å². The Morgan fingerprint density at radius 3 is 1.03 bits per heavy atom. The van der Waals surface area contributed by atoms with E-state index in [1.165, 1.54) is 0 Å². The van der Waals surface area contributed by atoms with Crippen LogP contribution in [0.2, 0.25) is 26.2 Å². The zero-order valence-corrected chi connectivity index (χ0v) is 22.6. The molecule has 0 bridgehead atoms. The molecule has 0 aromatic rings. The summed E-state index contributed by atoms with van der Waals surface area (Å²) >= 11 is 10.9. The van der Waals surface area contributed by atoms with Crippen LogP contribution in [0.25, 0.3) is 0 Å². The van der Waals surface area contributed by atoms with Crippen LogP contribution in [0.3, 0.4) is 0 Å². The molecular formula is C22H43Cl2N3Si2. The highest BCUT2D eigenvalue weighted by Gasteiger charge is 2.33. The molecule has 0 rings (SSSR count). The standard InChI is InChI=1S/C14H26N2Si.C6H11N.C2H6Cl2Si/c1-7-11-15(12-8-2)17(5,6)16(13-9-3)14-10-4;1-3-5-7-6-4-2;1-5(2,3)4/h7-10H,1-4,11-14H2,5-6H3;3-4,7H,1-2,5-6H2;1-2H3. The van der Waals surface area contributed by atoms with Crippen molar-refractivity contribution in [1.82, 2.24) is 14.4 Å². The van der Waals surface area contributed by atoms with Crippen LogP contribution in [0.1, 0.15) is 0 Å². The van der Waals surface area contributed by atoms with Gasteiger partial charge in [0.15, 0.2) is 0 Å². The maximum absolute atomic E-state index is 5.43. The summed E-state index contributed by atoms with van der Waals surface area (Å²) < 4.78 is 4.92. The molecule has 0 aliphatic heterocycles. The Hall–Kier alpha value is -0.666. The van der Waals surface area contributed by atoms with Gasteiger partial charge in [-0.3, -0.25) is 0 Å². The molecule has 1 N–H and O–H groups in total. The summed E-state index contributed by atoms with van der Waals surface area (Å²) in [5.41, 5.74) is 0. The Balaban J connectivity index is -0.000000461. The van der Waals surface area contributed by atoms with Crippen LogP contribution >= 0.6 is 22.2 Å². The largest absolute Gasteiger partial charge is 0.310 e. The first-order valence-electron chi connectivity index (χ1n) is 9.70. The highest BCUT2D eigenvalue weighted by Crippen LogP contribution is 2.16. The predicted octanol–water partition coefficient (Wildman–Crippen LogP) is 6.15. The second-order valence-electron chi connectivity index (χ2n) is 7.02. The summed E-state index contributed by atoms with van der Waals surface area (Å²) in [7, 11) is -1.66. The highest BCUT2D eigenvalue weighted by molar-refractivity contribution is 7.44. The van der Waals surface area contributed by atoms with Crippen molar-refractivity contribution in [3.63, 3.8) is 0 Å². The molecule has 3 nitrogen and oxygen atoms in total. The Morgan fingerprint density at radius 1 is 0.621 bits per heavy atom. The molecule has 0 amide bonds. The van der Waals surface area contributed by atoms with Crippen LogP contribution in [-0.4, -0.2) is 63.5 Å². The number of nitrogens with one attached hydrogen (secondary N) is 1. The Bertz CT molecular complexity index is 415. The van der Waals surface area contributed by atoms with Gasteiger partial charge in [0.1, 0.15) is 0 Å². The summed E-state index contributed by atoms with van der Waals surface area (Å²) in [5.74, 6) is 0. The minimum Gasteiger partial charge on any atom is -0.310 e. The molecule has 0 atom stereocenters. The molecule has 0 spiro atoms. The summed E-state index contributed by atoms with van der Waals surface area (Å²) in [6, 6.07) is 0. The van der Waals surface area contributed by atoms with Crippen molar-refractivity contribution in [2.45, 2.75) is 26.2 Å². The molecule has 0 radical (unpaired) electrons. The van der Waals surface area contributed by atoms with E-state index in [4.69, 9.17) is 22.2 Å². The normalized spacial score (nSPS) is 10.8. The van der Waals surface area contributed by atoms with Gasteiger partial charge in [0.25, 0.3) is 0 Å². The second-order valence-corrected chi connectivity index (χ2v) is 20.2. The Kier molecular flexibility index (Phi) is 23.4. The minimum atomic E-state index is -1.67. The summed E-state index contributed by atoms with van der Waals surface area (Å²) in [5, 5.41) is 3.05. The lowest BCUT2D eigenvalue weighted by molar-refractivity contribution is 0.401. The smallest absolute Gasteiger partial charge is 0.245 e. The van der Waals surface area contributed by atoms with E-state index in [1.807, 2.05) is 49.6 Å². The lowest BCUT2D eigenvalue weighted by atomic mass is 10.5. The van der Waals surface area contributed by atoms with E-state index < -0.39 is 15.1 Å². The molecule has 0 saturated heterocycles. The number of hydrogen-bond donors (Lipinski definition) is 1. The minimum absolute atomic E-state index is 0.867. The molecular weight excluding hydrogens is 433 g/mol. The van der Waals surface area contributed by atoms with Crippen LogP contribution in [0.15, 0.2) is 75.9 Å². The van der Waals surface area contributed by atoms with Gasteiger partial charge in [0.2, 0.25) is 15.1 Å². The van der Waals surface area contributed by atoms with Gasteiger partial charge in [0.05, 0.1) is 0 Å². The van der Waals surface area contributed by atoms with Gasteiger partial charge < -0.3 is 14.4 Å². The molecule has 7 heteroatoms. The van der Waals surface area contributed by atoms with E-state index in [9.17, 15) is 0 Å². The van der Waals surface area contributed by atoms with Crippen molar-refractivity contribution in [3.05, 3.63) is 75.9 Å². The zero-order valence-electron chi connectivity index (χ0n) is 19.1. The maximum atomic E-state index is 5.43. The van der Waals surface area contributed by atoms with Gasteiger partial charge in [-0.05, 0) is 26.2 Å². The van der Waals surface area contributed by atoms with Crippen LogP contribution in [0.5, 0.6) is 0 Å². The monoisotopic (exact) mass is 475 g/mol. The fourth-order valence-electron chi connectivity index (χ4n) is 2.15. The van der Waals surface area contributed by atoms with Crippen LogP contribution in [0.4, 0.5) is 0 Å². The second kappa shape index (κ2) is 20.6. The highest BCUT2D eigenvalue weighted by atomic mass is 35.7. The van der Waals surface area contributed by atoms with Crippen molar-refractivity contribution in [1.29, 1.82) is 0 Å². The summed E-state index contributed by atoms with van der Waals surface area (Å²) in [4.78, 5) is 0. The van der Waals surface area contributed by atoms with Gasteiger partial charge in [-0.2, -0.15) is 0 Å². The Labute approximate surface area is 192 Å². The van der Waals surface area contributed by atoms with E-state index in [-0.39, 0.29) is 0 Å². The predicted molar refractivity (Wildman–Crippen MR) is 144 cm³/mol. The third-order valence-corrected chi connectivity index (χ3v) is 7.35. The first kappa shape index (κ1) is 33.0. The van der Waals surface area contributed by atoms with Gasteiger partial charge in [-0.15, -0.1) is 61.6 Å². The van der Waals surface area contributed by atoms with Crippen molar-refractivity contribution < 1.29 is 0 Å². The Morgan fingerprint density at radius 2 is 0.862 bits per heavy atom. The quantitative estimate of drug-likeness (QED) is 0.140. The molecule has 0 heterocycles. The molecule has 0 aliphatic carbocycles. The number of hydrogen-bond acceptors (Lipinski definition) is 3. The lowest BCUT2D eigenvalue weighted by Gasteiger charge is -2.43. The molecule has 0 saturated carbocycles. The van der Waals surface area contributed by atoms with Gasteiger partial charge >= 0.3 is 0 Å². The van der Waals surface area contributed by atoms with E-state index in [1.54, 1.807) is 0 Å². The molecule has 0 unspecified atom stereocenters. The average Bonchev–Trinajstić information content (AvgIpc) is 2.61. The van der Waals surface area contributed by atoms with Crippen molar-refractivity contribution in [2.24, 2.45) is 0 Å². The molecule has 0 aromatic heterocycles.